The number of nitrogens with one attached hydrogen (secondary N) is 1. The molecule has 0 aromatic rings. The maximum absolute atomic E-state index is 3.58. The van der Waals surface area contributed by atoms with Crippen molar-refractivity contribution < 1.29 is 0 Å². The summed E-state index contributed by atoms with van der Waals surface area (Å²) in [6.07, 6.45) is 5.26. The van der Waals surface area contributed by atoms with Gasteiger partial charge in [-0.05, 0) is 19.3 Å². The molecule has 0 aliphatic carbocycles. The van der Waals surface area contributed by atoms with Crippen LogP contribution in [0.3, 0.4) is 0 Å². The van der Waals surface area contributed by atoms with Gasteiger partial charge in [-0.25, -0.2) is 0 Å². The monoisotopic (exact) mass is 198 g/mol. The van der Waals surface area contributed by atoms with E-state index in [1.807, 2.05) is 0 Å². The first kappa shape index (κ1) is 12.0. The van der Waals surface area contributed by atoms with E-state index in [1.165, 1.54) is 45.3 Å². The summed E-state index contributed by atoms with van der Waals surface area (Å²) >= 11 is 0. The second-order valence-corrected chi connectivity index (χ2v) is 4.40. The fourth-order valence-corrected chi connectivity index (χ4v) is 2.43. The highest BCUT2D eigenvalue weighted by atomic mass is 15.2. The molecule has 2 unspecified atom stereocenters. The average molecular weight is 198 g/mol. The van der Waals surface area contributed by atoms with Crippen molar-refractivity contribution in [2.45, 2.75) is 58.5 Å². The van der Waals surface area contributed by atoms with Gasteiger partial charge in [0.1, 0.15) is 0 Å². The SMILES string of the molecule is CCCC(CC)N1CCNC(CC)C1. The van der Waals surface area contributed by atoms with Crippen LogP contribution < -0.4 is 5.32 Å². The summed E-state index contributed by atoms with van der Waals surface area (Å²) < 4.78 is 0. The van der Waals surface area contributed by atoms with Gasteiger partial charge in [-0.1, -0.05) is 27.2 Å². The lowest BCUT2D eigenvalue weighted by atomic mass is 10.0. The van der Waals surface area contributed by atoms with E-state index in [-0.39, 0.29) is 0 Å². The van der Waals surface area contributed by atoms with Crippen molar-refractivity contribution in [1.82, 2.24) is 10.2 Å². The Labute approximate surface area is 89.1 Å². The number of rotatable bonds is 5. The van der Waals surface area contributed by atoms with E-state index < -0.39 is 0 Å². The Bertz CT molecular complexity index is 147. The van der Waals surface area contributed by atoms with Crippen LogP contribution in [0.5, 0.6) is 0 Å². The predicted molar refractivity (Wildman–Crippen MR) is 62.6 cm³/mol. The molecular formula is C12H26N2. The number of hydrogen-bond acceptors (Lipinski definition) is 2. The zero-order chi connectivity index (χ0) is 10.4. The van der Waals surface area contributed by atoms with Crippen LogP contribution in [0.25, 0.3) is 0 Å². The number of hydrogen-bond donors (Lipinski definition) is 1. The molecule has 84 valence electrons. The molecule has 1 saturated heterocycles. The van der Waals surface area contributed by atoms with Crippen molar-refractivity contribution in [1.29, 1.82) is 0 Å². The van der Waals surface area contributed by atoms with Gasteiger partial charge in [-0.3, -0.25) is 4.90 Å². The van der Waals surface area contributed by atoms with Gasteiger partial charge >= 0.3 is 0 Å². The summed E-state index contributed by atoms with van der Waals surface area (Å²) in [6.45, 7) is 10.6. The first-order chi connectivity index (χ1) is 6.81. The highest BCUT2D eigenvalue weighted by molar-refractivity contribution is 4.81. The average Bonchev–Trinajstić information content (AvgIpc) is 2.26. The summed E-state index contributed by atoms with van der Waals surface area (Å²) in [4.78, 5) is 2.69. The Morgan fingerprint density at radius 1 is 1.36 bits per heavy atom. The first-order valence-electron chi connectivity index (χ1n) is 6.29. The second-order valence-electron chi connectivity index (χ2n) is 4.40. The van der Waals surface area contributed by atoms with Gasteiger partial charge in [-0.2, -0.15) is 0 Å². The van der Waals surface area contributed by atoms with Crippen molar-refractivity contribution in [2.75, 3.05) is 19.6 Å². The smallest absolute Gasteiger partial charge is 0.0193 e. The van der Waals surface area contributed by atoms with Gasteiger partial charge < -0.3 is 5.32 Å². The largest absolute Gasteiger partial charge is 0.311 e. The standard InChI is InChI=1S/C12H26N2/c1-4-7-12(6-3)14-9-8-13-11(5-2)10-14/h11-13H,4-10H2,1-3H3. The maximum Gasteiger partial charge on any atom is 0.0193 e. The lowest BCUT2D eigenvalue weighted by Gasteiger charge is -2.38. The Hall–Kier alpha value is -0.0800. The summed E-state index contributed by atoms with van der Waals surface area (Å²) in [5, 5.41) is 3.58. The molecule has 0 aromatic heterocycles. The van der Waals surface area contributed by atoms with Crippen LogP contribution in [0.15, 0.2) is 0 Å². The molecule has 0 saturated carbocycles. The summed E-state index contributed by atoms with van der Waals surface area (Å²) in [6, 6.07) is 1.56. The molecule has 0 bridgehead atoms. The van der Waals surface area contributed by atoms with Crippen molar-refractivity contribution in [3.63, 3.8) is 0 Å². The molecular weight excluding hydrogens is 172 g/mol. The van der Waals surface area contributed by atoms with E-state index in [2.05, 4.69) is 31.0 Å². The number of nitrogens with zero attached hydrogens (tertiary/aromatic N) is 1. The van der Waals surface area contributed by atoms with Crippen molar-refractivity contribution in [2.24, 2.45) is 0 Å². The van der Waals surface area contributed by atoms with Gasteiger partial charge in [0.05, 0.1) is 0 Å². The molecule has 14 heavy (non-hydrogen) atoms. The molecule has 2 atom stereocenters. The second kappa shape index (κ2) is 6.41. The summed E-state index contributed by atoms with van der Waals surface area (Å²) in [5.74, 6) is 0. The molecule has 0 aromatic carbocycles. The first-order valence-corrected chi connectivity index (χ1v) is 6.29. The molecule has 0 spiro atoms. The Balaban J connectivity index is 2.40. The quantitative estimate of drug-likeness (QED) is 0.729. The minimum Gasteiger partial charge on any atom is -0.311 e. The fourth-order valence-electron chi connectivity index (χ4n) is 2.43. The van der Waals surface area contributed by atoms with Crippen LogP contribution in [0.2, 0.25) is 0 Å². The van der Waals surface area contributed by atoms with Crippen LogP contribution >= 0.6 is 0 Å². The zero-order valence-corrected chi connectivity index (χ0v) is 10.1. The molecule has 1 aliphatic heterocycles. The Kier molecular flexibility index (Phi) is 5.49. The van der Waals surface area contributed by atoms with Crippen molar-refractivity contribution in [3.05, 3.63) is 0 Å². The molecule has 2 heteroatoms. The Morgan fingerprint density at radius 3 is 2.71 bits per heavy atom. The van der Waals surface area contributed by atoms with Crippen molar-refractivity contribution in [3.8, 4) is 0 Å². The highest BCUT2D eigenvalue weighted by Gasteiger charge is 2.22. The van der Waals surface area contributed by atoms with Crippen LogP contribution in [-0.4, -0.2) is 36.6 Å². The van der Waals surface area contributed by atoms with Crippen LogP contribution in [0.1, 0.15) is 46.5 Å². The van der Waals surface area contributed by atoms with E-state index in [0.29, 0.717) is 0 Å². The van der Waals surface area contributed by atoms with Gasteiger partial charge in [0, 0.05) is 31.7 Å². The van der Waals surface area contributed by atoms with E-state index in [9.17, 15) is 0 Å². The van der Waals surface area contributed by atoms with Gasteiger partial charge in [0.25, 0.3) is 0 Å². The van der Waals surface area contributed by atoms with Gasteiger partial charge in [0.2, 0.25) is 0 Å². The summed E-state index contributed by atoms with van der Waals surface area (Å²) in [7, 11) is 0. The third kappa shape index (κ3) is 3.25. The molecule has 1 heterocycles. The lowest BCUT2D eigenvalue weighted by Crippen LogP contribution is -2.53. The molecule has 1 rings (SSSR count). The van der Waals surface area contributed by atoms with Crippen LogP contribution in [0, 0.1) is 0 Å². The van der Waals surface area contributed by atoms with E-state index in [0.717, 1.165) is 12.1 Å². The maximum atomic E-state index is 3.58. The third-order valence-corrected chi connectivity index (χ3v) is 3.39. The van der Waals surface area contributed by atoms with E-state index in [1.54, 1.807) is 0 Å². The van der Waals surface area contributed by atoms with Crippen molar-refractivity contribution >= 4 is 0 Å². The van der Waals surface area contributed by atoms with Gasteiger partial charge in [-0.15, -0.1) is 0 Å². The lowest BCUT2D eigenvalue weighted by molar-refractivity contribution is 0.131. The summed E-state index contributed by atoms with van der Waals surface area (Å²) in [5.41, 5.74) is 0. The fraction of sp³-hybridized carbons (Fsp3) is 1.00. The van der Waals surface area contributed by atoms with E-state index >= 15 is 0 Å². The normalized spacial score (nSPS) is 26.4. The molecule has 1 aliphatic rings. The highest BCUT2D eigenvalue weighted by Crippen LogP contribution is 2.14. The van der Waals surface area contributed by atoms with Crippen LogP contribution in [0.4, 0.5) is 0 Å². The number of piperazine rings is 1. The third-order valence-electron chi connectivity index (χ3n) is 3.39. The molecule has 1 fully saturated rings. The molecule has 1 N–H and O–H groups in total. The zero-order valence-electron chi connectivity index (χ0n) is 10.1. The minimum atomic E-state index is 0.731. The van der Waals surface area contributed by atoms with Gasteiger partial charge in [0.15, 0.2) is 0 Å². The van der Waals surface area contributed by atoms with Crippen LogP contribution in [-0.2, 0) is 0 Å². The van der Waals surface area contributed by atoms with E-state index in [4.69, 9.17) is 0 Å². The topological polar surface area (TPSA) is 15.3 Å². The predicted octanol–water partition coefficient (Wildman–Crippen LogP) is 2.25. The molecule has 2 nitrogen and oxygen atoms in total. The molecule has 0 radical (unpaired) electrons. The Morgan fingerprint density at radius 2 is 2.14 bits per heavy atom. The minimum absolute atomic E-state index is 0.731. The molecule has 0 amide bonds.